The standard InChI is InChI=1S/C16H23N3O/c1-16(2)9-11(16)14(17-3)10-6-7-12-13(8-10)19(5)15(20)18(12)4/h6-8,11,14,17H,9H2,1-5H3. The zero-order chi connectivity index (χ0) is 14.7. The maximum Gasteiger partial charge on any atom is 0.328 e. The number of nitrogens with one attached hydrogen (secondary N) is 1. The minimum atomic E-state index is 0.0323. The van der Waals surface area contributed by atoms with Crippen molar-refractivity contribution in [1.29, 1.82) is 0 Å². The third-order valence-electron chi connectivity index (χ3n) is 4.96. The van der Waals surface area contributed by atoms with Crippen LogP contribution >= 0.6 is 0 Å². The molecule has 20 heavy (non-hydrogen) atoms. The van der Waals surface area contributed by atoms with Crippen LogP contribution in [0.4, 0.5) is 0 Å². The molecule has 0 aliphatic heterocycles. The average Bonchev–Trinajstić information content (AvgIpc) is 2.99. The number of aromatic nitrogens is 2. The van der Waals surface area contributed by atoms with Crippen molar-refractivity contribution in [2.45, 2.75) is 26.3 Å². The molecule has 1 aliphatic carbocycles. The summed E-state index contributed by atoms with van der Waals surface area (Å²) in [5.74, 6) is 0.672. The molecule has 4 heteroatoms. The van der Waals surface area contributed by atoms with Crippen LogP contribution in [-0.2, 0) is 14.1 Å². The van der Waals surface area contributed by atoms with Crippen LogP contribution in [0.3, 0.4) is 0 Å². The first-order chi connectivity index (χ1) is 9.36. The van der Waals surface area contributed by atoms with Crippen LogP contribution < -0.4 is 11.0 Å². The van der Waals surface area contributed by atoms with E-state index in [2.05, 4.69) is 37.4 Å². The Morgan fingerprint density at radius 3 is 2.40 bits per heavy atom. The molecule has 0 saturated heterocycles. The average molecular weight is 273 g/mol. The molecule has 0 amide bonds. The summed E-state index contributed by atoms with van der Waals surface area (Å²) in [6, 6.07) is 6.74. The van der Waals surface area contributed by atoms with Gasteiger partial charge in [0.2, 0.25) is 0 Å². The molecule has 108 valence electrons. The quantitative estimate of drug-likeness (QED) is 0.931. The lowest BCUT2D eigenvalue weighted by atomic mass is 9.97. The second-order valence-corrected chi connectivity index (χ2v) is 6.71. The van der Waals surface area contributed by atoms with E-state index >= 15 is 0 Å². The molecule has 1 heterocycles. The first kappa shape index (κ1) is 13.4. The Kier molecular flexibility index (Phi) is 2.83. The molecule has 2 unspecified atom stereocenters. The normalized spacial score (nSPS) is 22.1. The Morgan fingerprint density at radius 2 is 1.85 bits per heavy atom. The van der Waals surface area contributed by atoms with Gasteiger partial charge in [0, 0.05) is 20.1 Å². The van der Waals surface area contributed by atoms with Gasteiger partial charge in [0.25, 0.3) is 0 Å². The highest BCUT2D eigenvalue weighted by Crippen LogP contribution is 2.57. The summed E-state index contributed by atoms with van der Waals surface area (Å²) in [5, 5.41) is 3.45. The molecule has 1 N–H and O–H groups in total. The molecule has 0 radical (unpaired) electrons. The molecule has 1 fully saturated rings. The number of hydrogen-bond donors (Lipinski definition) is 1. The smallest absolute Gasteiger partial charge is 0.313 e. The second kappa shape index (κ2) is 4.22. The molecular formula is C16H23N3O. The number of rotatable bonds is 3. The van der Waals surface area contributed by atoms with Crippen molar-refractivity contribution in [2.24, 2.45) is 25.4 Å². The molecule has 1 aromatic heterocycles. The van der Waals surface area contributed by atoms with Crippen molar-refractivity contribution < 1.29 is 0 Å². The van der Waals surface area contributed by atoms with E-state index in [4.69, 9.17) is 0 Å². The van der Waals surface area contributed by atoms with Gasteiger partial charge in [0.15, 0.2) is 0 Å². The van der Waals surface area contributed by atoms with Gasteiger partial charge in [-0.15, -0.1) is 0 Å². The Morgan fingerprint density at radius 1 is 1.25 bits per heavy atom. The predicted octanol–water partition coefficient (Wildman–Crippen LogP) is 2.18. The molecule has 2 atom stereocenters. The van der Waals surface area contributed by atoms with Crippen molar-refractivity contribution in [3.05, 3.63) is 34.2 Å². The summed E-state index contributed by atoms with van der Waals surface area (Å²) in [6.07, 6.45) is 1.25. The van der Waals surface area contributed by atoms with Gasteiger partial charge in [0.05, 0.1) is 11.0 Å². The van der Waals surface area contributed by atoms with Gasteiger partial charge in [0.1, 0.15) is 0 Å². The van der Waals surface area contributed by atoms with Crippen molar-refractivity contribution in [2.75, 3.05) is 7.05 Å². The lowest BCUT2D eigenvalue weighted by Gasteiger charge is -2.19. The zero-order valence-electron chi connectivity index (χ0n) is 12.9. The number of hydrogen-bond acceptors (Lipinski definition) is 2. The maximum absolute atomic E-state index is 12.0. The van der Waals surface area contributed by atoms with E-state index in [9.17, 15) is 4.79 Å². The molecule has 1 aliphatic rings. The molecule has 3 rings (SSSR count). The summed E-state index contributed by atoms with van der Waals surface area (Å²) < 4.78 is 3.43. The summed E-state index contributed by atoms with van der Waals surface area (Å²) in [5.41, 5.74) is 3.73. The first-order valence-electron chi connectivity index (χ1n) is 7.19. The highest BCUT2D eigenvalue weighted by molar-refractivity contribution is 5.77. The first-order valence-corrected chi connectivity index (χ1v) is 7.19. The van der Waals surface area contributed by atoms with Crippen LogP contribution in [-0.4, -0.2) is 16.2 Å². The number of imidazole rings is 1. The largest absolute Gasteiger partial charge is 0.328 e. The number of aryl methyl sites for hydroxylation is 2. The molecule has 1 aromatic carbocycles. The lowest BCUT2D eigenvalue weighted by molar-refractivity contribution is 0.441. The fraction of sp³-hybridized carbons (Fsp3) is 0.562. The monoisotopic (exact) mass is 273 g/mol. The number of fused-ring (bicyclic) bond motifs is 1. The van der Waals surface area contributed by atoms with Gasteiger partial charge in [-0.3, -0.25) is 9.13 Å². The third kappa shape index (κ3) is 1.82. The molecule has 0 spiro atoms. The Bertz CT molecular complexity index is 723. The Balaban J connectivity index is 2.09. The van der Waals surface area contributed by atoms with E-state index in [0.29, 0.717) is 17.4 Å². The number of nitrogens with zero attached hydrogens (tertiary/aromatic N) is 2. The summed E-state index contributed by atoms with van der Waals surface area (Å²) >= 11 is 0. The Labute approximate surface area is 119 Å². The van der Waals surface area contributed by atoms with Crippen molar-refractivity contribution in [1.82, 2.24) is 14.5 Å². The van der Waals surface area contributed by atoms with Gasteiger partial charge in [-0.25, -0.2) is 4.79 Å². The number of benzene rings is 1. The van der Waals surface area contributed by atoms with Gasteiger partial charge in [-0.05, 0) is 42.5 Å². The maximum atomic E-state index is 12.0. The van der Waals surface area contributed by atoms with E-state index in [1.165, 1.54) is 12.0 Å². The molecular weight excluding hydrogens is 250 g/mol. The predicted molar refractivity (Wildman–Crippen MR) is 81.8 cm³/mol. The lowest BCUT2D eigenvalue weighted by Crippen LogP contribution is -2.20. The molecule has 4 nitrogen and oxygen atoms in total. The second-order valence-electron chi connectivity index (χ2n) is 6.71. The van der Waals surface area contributed by atoms with Gasteiger partial charge >= 0.3 is 5.69 Å². The van der Waals surface area contributed by atoms with E-state index < -0.39 is 0 Å². The summed E-state index contributed by atoms with van der Waals surface area (Å²) in [6.45, 7) is 4.64. The van der Waals surface area contributed by atoms with Crippen LogP contribution in [0, 0.1) is 11.3 Å². The topological polar surface area (TPSA) is 39.0 Å². The molecule has 1 saturated carbocycles. The van der Waals surface area contributed by atoms with Crippen LogP contribution in [0.1, 0.15) is 31.9 Å². The van der Waals surface area contributed by atoms with Crippen LogP contribution in [0.25, 0.3) is 11.0 Å². The van der Waals surface area contributed by atoms with Crippen LogP contribution in [0.5, 0.6) is 0 Å². The van der Waals surface area contributed by atoms with Gasteiger partial charge < -0.3 is 5.32 Å². The SMILES string of the molecule is CNC(c1ccc2c(c1)n(C)c(=O)n2C)C1CC1(C)C. The van der Waals surface area contributed by atoms with Crippen LogP contribution in [0.15, 0.2) is 23.0 Å². The van der Waals surface area contributed by atoms with Gasteiger partial charge in [-0.1, -0.05) is 19.9 Å². The van der Waals surface area contributed by atoms with E-state index in [1.54, 1.807) is 9.13 Å². The Hall–Kier alpha value is -1.55. The fourth-order valence-corrected chi connectivity index (χ4v) is 3.39. The molecule has 0 bridgehead atoms. The van der Waals surface area contributed by atoms with E-state index in [1.807, 2.05) is 21.1 Å². The fourth-order valence-electron chi connectivity index (χ4n) is 3.39. The van der Waals surface area contributed by atoms with Crippen molar-refractivity contribution >= 4 is 11.0 Å². The molecule has 2 aromatic rings. The summed E-state index contributed by atoms with van der Waals surface area (Å²) in [4.78, 5) is 12.0. The van der Waals surface area contributed by atoms with E-state index in [0.717, 1.165) is 11.0 Å². The minimum absolute atomic E-state index is 0.0323. The van der Waals surface area contributed by atoms with Crippen molar-refractivity contribution in [3.8, 4) is 0 Å². The van der Waals surface area contributed by atoms with Crippen LogP contribution in [0.2, 0.25) is 0 Å². The zero-order valence-corrected chi connectivity index (χ0v) is 12.9. The highest BCUT2D eigenvalue weighted by atomic mass is 16.1. The minimum Gasteiger partial charge on any atom is -0.313 e. The van der Waals surface area contributed by atoms with E-state index in [-0.39, 0.29) is 5.69 Å². The summed E-state index contributed by atoms with van der Waals surface area (Å²) in [7, 11) is 5.68. The highest BCUT2D eigenvalue weighted by Gasteiger charge is 2.50. The third-order valence-corrected chi connectivity index (χ3v) is 4.96. The van der Waals surface area contributed by atoms with Gasteiger partial charge in [-0.2, -0.15) is 0 Å². The van der Waals surface area contributed by atoms with Crippen molar-refractivity contribution in [3.63, 3.8) is 0 Å².